The summed E-state index contributed by atoms with van der Waals surface area (Å²) in [5, 5.41) is 13.1. The first-order valence-electron chi connectivity index (χ1n) is 14.0. The van der Waals surface area contributed by atoms with Crippen LogP contribution in [0.1, 0.15) is 49.0 Å². The second kappa shape index (κ2) is 15.4. The van der Waals surface area contributed by atoms with Crippen molar-refractivity contribution in [3.8, 4) is 33.9 Å². The number of carboxylic acid groups (broad SMARTS) is 1. The Bertz CT molecular complexity index is 1520. The summed E-state index contributed by atoms with van der Waals surface area (Å²) in [5.74, 6) is -1.97. The lowest BCUT2D eigenvalue weighted by atomic mass is 9.81. The van der Waals surface area contributed by atoms with Crippen LogP contribution in [-0.4, -0.2) is 66.0 Å². The first kappa shape index (κ1) is 36.2. The molecule has 8 nitrogen and oxygen atoms in total. The largest absolute Gasteiger partial charge is 0.573 e. The molecule has 0 bridgehead atoms. The van der Waals surface area contributed by atoms with Gasteiger partial charge < -0.3 is 24.8 Å². The summed E-state index contributed by atoms with van der Waals surface area (Å²) in [6.45, 7) is 1.15. The van der Waals surface area contributed by atoms with Crippen LogP contribution in [0.15, 0.2) is 48.5 Å². The Morgan fingerprint density at radius 2 is 1.69 bits per heavy atom. The van der Waals surface area contributed by atoms with Gasteiger partial charge in [-0.1, -0.05) is 48.5 Å². The number of carbonyl (C=O) groups is 2. The molecule has 2 N–H and O–H groups in total. The van der Waals surface area contributed by atoms with Gasteiger partial charge in [-0.2, -0.15) is 0 Å². The molecular weight excluding hydrogens is 658 g/mol. The van der Waals surface area contributed by atoms with Gasteiger partial charge in [0.25, 0.3) is 5.91 Å². The Hall–Kier alpha value is -3.25. The van der Waals surface area contributed by atoms with Crippen LogP contribution in [0.4, 0.5) is 13.2 Å². The van der Waals surface area contributed by atoms with Crippen LogP contribution in [0.2, 0.25) is 10.0 Å². The fraction of sp³-hybridized carbons (Fsp3) is 0.387. The fourth-order valence-electron chi connectivity index (χ4n) is 5.08. The zero-order chi connectivity index (χ0) is 32.1. The number of rotatable bonds is 11. The van der Waals surface area contributed by atoms with Crippen molar-refractivity contribution in [2.24, 2.45) is 0 Å². The monoisotopic (exact) mass is 689 g/mol. The van der Waals surface area contributed by atoms with E-state index in [9.17, 15) is 27.9 Å². The van der Waals surface area contributed by atoms with Gasteiger partial charge in [-0.25, -0.2) is 9.78 Å². The van der Waals surface area contributed by atoms with E-state index in [-0.39, 0.29) is 47.2 Å². The topological polar surface area (TPSA) is 101 Å². The van der Waals surface area contributed by atoms with Crippen LogP contribution in [0.5, 0.6) is 11.5 Å². The third-order valence-electron chi connectivity index (χ3n) is 7.27. The summed E-state index contributed by atoms with van der Waals surface area (Å²) in [6.07, 6.45) is -1.46. The minimum absolute atomic E-state index is 0. The van der Waals surface area contributed by atoms with E-state index in [2.05, 4.69) is 15.0 Å². The molecule has 0 atom stereocenters. The molecule has 0 aliphatic heterocycles. The molecule has 2 aromatic carbocycles. The van der Waals surface area contributed by atoms with Crippen LogP contribution >= 0.6 is 35.6 Å². The minimum Gasteiger partial charge on any atom is -0.492 e. The normalized spacial score (nSPS) is 14.4. The molecule has 3 aromatic rings. The van der Waals surface area contributed by atoms with E-state index in [1.165, 1.54) is 18.2 Å². The molecule has 0 saturated heterocycles. The number of nitrogens with one attached hydrogen (secondary N) is 1. The summed E-state index contributed by atoms with van der Waals surface area (Å²) in [6, 6.07) is 11.2. The van der Waals surface area contributed by atoms with Crippen molar-refractivity contribution in [3.63, 3.8) is 0 Å². The number of ether oxygens (including phenoxy) is 2. The van der Waals surface area contributed by atoms with E-state index in [1.54, 1.807) is 18.2 Å². The number of carboxylic acids is 1. The SMILES string of the molecule is CN(C)CCCOc1cc(-c2nc(C(=O)NC3(C(=O)O)CCCCC3)ccc2-c2cc(OC(F)(F)F)ccc2Cl)ccc1Cl.Cl. The summed E-state index contributed by atoms with van der Waals surface area (Å²) in [4.78, 5) is 32.2. The molecule has 1 heterocycles. The zero-order valence-electron chi connectivity index (χ0n) is 24.5. The molecule has 1 saturated carbocycles. The number of amides is 1. The number of aromatic nitrogens is 1. The van der Waals surface area contributed by atoms with E-state index < -0.39 is 29.5 Å². The summed E-state index contributed by atoms with van der Waals surface area (Å²) in [7, 11) is 3.88. The van der Waals surface area contributed by atoms with Crippen LogP contribution in [0.25, 0.3) is 22.4 Å². The first-order valence-corrected chi connectivity index (χ1v) is 14.7. The molecule has 1 aromatic heterocycles. The maximum atomic E-state index is 13.4. The molecule has 1 fully saturated rings. The first-order chi connectivity index (χ1) is 20.8. The van der Waals surface area contributed by atoms with Gasteiger partial charge in [0, 0.05) is 28.3 Å². The molecular formula is C31H33Cl3F3N3O5. The van der Waals surface area contributed by atoms with E-state index in [0.29, 0.717) is 41.3 Å². The molecule has 244 valence electrons. The van der Waals surface area contributed by atoms with Gasteiger partial charge in [0.2, 0.25) is 0 Å². The summed E-state index contributed by atoms with van der Waals surface area (Å²) >= 11 is 12.9. The summed E-state index contributed by atoms with van der Waals surface area (Å²) in [5.41, 5.74) is -0.420. The third kappa shape index (κ3) is 9.38. The number of hydrogen-bond acceptors (Lipinski definition) is 6. The number of benzene rings is 2. The standard InChI is InChI=1S/C31H32Cl2F3N3O5.ClH/c1-39(2)15-6-16-43-26-17-19(7-10-24(26)33)27-21(22-18-20(8-11-23(22)32)44-31(34,35)36)9-12-25(37-27)28(40)38-30(29(41)42)13-4-3-5-14-30;/h7-12,17-18H,3-6,13-16H2,1-2H3,(H,38,40)(H,41,42);1H. The van der Waals surface area contributed by atoms with Gasteiger partial charge in [-0.15, -0.1) is 25.6 Å². The highest BCUT2D eigenvalue weighted by molar-refractivity contribution is 6.33. The quantitative estimate of drug-likeness (QED) is 0.197. The van der Waals surface area contributed by atoms with Crippen molar-refractivity contribution in [1.82, 2.24) is 15.2 Å². The lowest BCUT2D eigenvalue weighted by Gasteiger charge is -2.33. The Labute approximate surface area is 275 Å². The Morgan fingerprint density at radius 3 is 2.33 bits per heavy atom. The second-order valence-electron chi connectivity index (χ2n) is 10.8. The lowest BCUT2D eigenvalue weighted by molar-refractivity contribution is -0.274. The third-order valence-corrected chi connectivity index (χ3v) is 7.91. The number of aliphatic carboxylic acids is 1. The van der Waals surface area contributed by atoms with Crippen molar-refractivity contribution >= 4 is 47.5 Å². The highest BCUT2D eigenvalue weighted by Crippen LogP contribution is 2.40. The number of hydrogen-bond donors (Lipinski definition) is 2. The number of carbonyl (C=O) groups excluding carboxylic acids is 1. The molecule has 0 radical (unpaired) electrons. The van der Waals surface area contributed by atoms with Crippen LogP contribution in [-0.2, 0) is 4.79 Å². The van der Waals surface area contributed by atoms with Gasteiger partial charge in [-0.05, 0) is 75.8 Å². The molecule has 1 amide bonds. The van der Waals surface area contributed by atoms with Crippen molar-refractivity contribution in [3.05, 3.63) is 64.3 Å². The van der Waals surface area contributed by atoms with Crippen LogP contribution < -0.4 is 14.8 Å². The van der Waals surface area contributed by atoms with Crippen molar-refractivity contribution in [2.45, 2.75) is 50.4 Å². The van der Waals surface area contributed by atoms with Crippen LogP contribution in [0.3, 0.4) is 0 Å². The highest BCUT2D eigenvalue weighted by Gasteiger charge is 2.41. The van der Waals surface area contributed by atoms with Gasteiger partial charge in [0.15, 0.2) is 0 Å². The van der Waals surface area contributed by atoms with Gasteiger partial charge in [0.1, 0.15) is 22.7 Å². The van der Waals surface area contributed by atoms with E-state index in [0.717, 1.165) is 31.5 Å². The Balaban J connectivity index is 0.00000552. The van der Waals surface area contributed by atoms with Gasteiger partial charge >= 0.3 is 12.3 Å². The Morgan fingerprint density at radius 1 is 1.00 bits per heavy atom. The van der Waals surface area contributed by atoms with Gasteiger partial charge in [-0.3, -0.25) is 4.79 Å². The average Bonchev–Trinajstić information content (AvgIpc) is 2.96. The minimum atomic E-state index is -4.93. The van der Waals surface area contributed by atoms with Crippen molar-refractivity contribution in [2.75, 3.05) is 27.2 Å². The second-order valence-corrected chi connectivity index (χ2v) is 11.6. The maximum absolute atomic E-state index is 13.4. The van der Waals surface area contributed by atoms with E-state index in [4.69, 9.17) is 27.9 Å². The number of alkyl halides is 3. The maximum Gasteiger partial charge on any atom is 0.573 e. The zero-order valence-corrected chi connectivity index (χ0v) is 26.9. The Kier molecular flexibility index (Phi) is 12.4. The van der Waals surface area contributed by atoms with Gasteiger partial charge in [0.05, 0.1) is 17.3 Å². The smallest absolute Gasteiger partial charge is 0.492 e. The lowest BCUT2D eigenvalue weighted by Crippen LogP contribution is -2.55. The molecule has 1 aliphatic carbocycles. The molecule has 14 heteroatoms. The average molecular weight is 691 g/mol. The highest BCUT2D eigenvalue weighted by atomic mass is 35.5. The molecule has 1 aliphatic rings. The summed E-state index contributed by atoms with van der Waals surface area (Å²) < 4.78 is 49.1. The number of nitrogens with zero attached hydrogens (tertiary/aromatic N) is 2. The van der Waals surface area contributed by atoms with Crippen molar-refractivity contribution < 1.29 is 37.3 Å². The molecule has 0 spiro atoms. The van der Waals surface area contributed by atoms with E-state index >= 15 is 0 Å². The van der Waals surface area contributed by atoms with Crippen LogP contribution in [0, 0.1) is 0 Å². The molecule has 4 rings (SSSR count). The molecule has 45 heavy (non-hydrogen) atoms. The number of halogens is 6. The van der Waals surface area contributed by atoms with E-state index in [1.807, 2.05) is 19.0 Å². The fourth-order valence-corrected chi connectivity index (χ4v) is 5.48. The predicted molar refractivity (Wildman–Crippen MR) is 169 cm³/mol. The predicted octanol–water partition coefficient (Wildman–Crippen LogP) is 7.89. The molecule has 0 unspecified atom stereocenters. The number of pyridine rings is 1. The van der Waals surface area contributed by atoms with Crippen molar-refractivity contribution in [1.29, 1.82) is 0 Å².